The predicted octanol–water partition coefficient (Wildman–Crippen LogP) is 4.82. The van der Waals surface area contributed by atoms with Crippen LogP contribution in [0.3, 0.4) is 0 Å². The van der Waals surface area contributed by atoms with Crippen molar-refractivity contribution in [3.05, 3.63) is 52.3 Å². The first-order valence-corrected chi connectivity index (χ1v) is 11.2. The lowest BCUT2D eigenvalue weighted by Gasteiger charge is -2.37. The van der Waals surface area contributed by atoms with Crippen LogP contribution in [0.25, 0.3) is 0 Å². The number of rotatable bonds is 2. The molecule has 0 spiro atoms. The summed E-state index contributed by atoms with van der Waals surface area (Å²) in [4.78, 5) is 35.7. The summed E-state index contributed by atoms with van der Waals surface area (Å²) in [6, 6.07) is 5.28. The van der Waals surface area contributed by atoms with E-state index in [2.05, 4.69) is 9.88 Å². The molecule has 2 aliphatic rings. The van der Waals surface area contributed by atoms with Gasteiger partial charge in [-0.25, -0.2) is 4.79 Å². The fourth-order valence-corrected chi connectivity index (χ4v) is 4.54. The van der Waals surface area contributed by atoms with E-state index in [0.29, 0.717) is 36.8 Å². The average Bonchev–Trinajstić information content (AvgIpc) is 2.97. The van der Waals surface area contributed by atoms with E-state index in [0.717, 1.165) is 22.5 Å². The molecule has 1 atom stereocenters. The van der Waals surface area contributed by atoms with Crippen LogP contribution in [0.5, 0.6) is 0 Å². The minimum absolute atomic E-state index is 0.0408. The van der Waals surface area contributed by atoms with Gasteiger partial charge in [0.2, 0.25) is 0 Å². The van der Waals surface area contributed by atoms with Crippen molar-refractivity contribution >= 4 is 35.0 Å². The maximum absolute atomic E-state index is 13.2. The van der Waals surface area contributed by atoms with Gasteiger partial charge in [0, 0.05) is 36.8 Å². The SMILES string of the molecule is Cc1c(N2CCN(C(=O)OC(C)(C)C)CC2)cncc1N1C(=O)c2ccc(Cl)cc2C1C. The van der Waals surface area contributed by atoms with E-state index in [1.54, 1.807) is 28.1 Å². The number of aromatic nitrogens is 1. The summed E-state index contributed by atoms with van der Waals surface area (Å²) in [6.07, 6.45) is 3.29. The van der Waals surface area contributed by atoms with E-state index < -0.39 is 5.60 Å². The summed E-state index contributed by atoms with van der Waals surface area (Å²) >= 11 is 6.17. The summed E-state index contributed by atoms with van der Waals surface area (Å²) in [7, 11) is 0. The summed E-state index contributed by atoms with van der Waals surface area (Å²) < 4.78 is 5.49. The Kier molecular flexibility index (Phi) is 5.79. The molecule has 0 aliphatic carbocycles. The molecule has 0 N–H and O–H groups in total. The van der Waals surface area contributed by atoms with Crippen LogP contribution in [-0.2, 0) is 4.74 Å². The number of pyridine rings is 1. The van der Waals surface area contributed by atoms with Gasteiger partial charge in [0.1, 0.15) is 5.60 Å². The first-order chi connectivity index (χ1) is 15.1. The van der Waals surface area contributed by atoms with Gasteiger partial charge in [0.05, 0.1) is 29.8 Å². The number of nitrogens with zero attached hydrogens (tertiary/aromatic N) is 4. The molecule has 4 rings (SSSR count). The Labute approximate surface area is 193 Å². The zero-order valence-electron chi connectivity index (χ0n) is 19.2. The molecular weight excluding hydrogens is 428 g/mol. The van der Waals surface area contributed by atoms with Crippen molar-refractivity contribution in [1.29, 1.82) is 0 Å². The van der Waals surface area contributed by atoms with Crippen LogP contribution in [0.2, 0.25) is 5.02 Å². The number of ether oxygens (including phenoxy) is 1. The molecule has 3 heterocycles. The highest BCUT2D eigenvalue weighted by atomic mass is 35.5. The molecule has 1 fully saturated rings. The number of anilines is 2. The normalized spacial score (nSPS) is 18.8. The van der Waals surface area contributed by atoms with E-state index in [-0.39, 0.29) is 18.0 Å². The molecular formula is C24H29ClN4O3. The Bertz CT molecular complexity index is 1060. The van der Waals surface area contributed by atoms with Crippen molar-refractivity contribution in [2.75, 3.05) is 36.0 Å². The molecule has 32 heavy (non-hydrogen) atoms. The maximum Gasteiger partial charge on any atom is 0.410 e. The molecule has 1 unspecified atom stereocenters. The summed E-state index contributed by atoms with van der Waals surface area (Å²) in [5.74, 6) is -0.0408. The fraction of sp³-hybridized carbons (Fsp3) is 0.458. The van der Waals surface area contributed by atoms with E-state index in [9.17, 15) is 9.59 Å². The minimum Gasteiger partial charge on any atom is -0.444 e. The Morgan fingerprint density at radius 2 is 1.78 bits per heavy atom. The van der Waals surface area contributed by atoms with Crippen LogP contribution >= 0.6 is 11.6 Å². The van der Waals surface area contributed by atoms with Gasteiger partial charge in [0.25, 0.3) is 5.91 Å². The molecule has 2 aromatic rings. The monoisotopic (exact) mass is 456 g/mol. The molecule has 0 radical (unpaired) electrons. The van der Waals surface area contributed by atoms with Gasteiger partial charge in [-0.05, 0) is 63.9 Å². The first-order valence-electron chi connectivity index (χ1n) is 10.9. The lowest BCUT2D eigenvalue weighted by molar-refractivity contribution is 0.0240. The molecule has 0 bridgehead atoms. The summed E-state index contributed by atoms with van der Waals surface area (Å²) in [5.41, 5.74) is 3.85. The number of carbonyl (C=O) groups is 2. The lowest BCUT2D eigenvalue weighted by atomic mass is 10.1. The smallest absolute Gasteiger partial charge is 0.410 e. The second-order valence-electron chi connectivity index (χ2n) is 9.34. The number of halogens is 1. The molecule has 1 aromatic heterocycles. The van der Waals surface area contributed by atoms with E-state index >= 15 is 0 Å². The third-order valence-electron chi connectivity index (χ3n) is 5.99. The number of carbonyl (C=O) groups excluding carboxylic acids is 2. The van der Waals surface area contributed by atoms with Crippen LogP contribution < -0.4 is 9.80 Å². The Morgan fingerprint density at radius 3 is 2.44 bits per heavy atom. The van der Waals surface area contributed by atoms with Crippen LogP contribution in [0.15, 0.2) is 30.6 Å². The fourth-order valence-electron chi connectivity index (χ4n) is 4.36. The van der Waals surface area contributed by atoms with Crippen molar-refractivity contribution in [1.82, 2.24) is 9.88 Å². The Morgan fingerprint density at radius 1 is 1.12 bits per heavy atom. The number of hydrogen-bond donors (Lipinski definition) is 0. The molecule has 170 valence electrons. The van der Waals surface area contributed by atoms with Crippen molar-refractivity contribution in [2.45, 2.75) is 46.3 Å². The summed E-state index contributed by atoms with van der Waals surface area (Å²) in [5, 5.41) is 0.622. The average molecular weight is 457 g/mol. The number of piperazine rings is 1. The molecule has 0 saturated carbocycles. The van der Waals surface area contributed by atoms with E-state index in [4.69, 9.17) is 16.3 Å². The van der Waals surface area contributed by atoms with Crippen molar-refractivity contribution < 1.29 is 14.3 Å². The minimum atomic E-state index is -0.510. The van der Waals surface area contributed by atoms with E-state index in [1.165, 1.54) is 0 Å². The van der Waals surface area contributed by atoms with Gasteiger partial charge in [-0.15, -0.1) is 0 Å². The quantitative estimate of drug-likeness (QED) is 0.648. The standard InChI is InChI=1S/C24H29ClN4O3/c1-15-20(27-8-10-28(11-9-27)23(31)32-24(3,4)5)13-26-14-21(15)29-16(2)19-12-17(25)6-7-18(19)22(29)30/h6-7,12-14,16H,8-11H2,1-5H3. The van der Waals surface area contributed by atoms with Gasteiger partial charge in [0.15, 0.2) is 0 Å². The topological polar surface area (TPSA) is 66.0 Å². The van der Waals surface area contributed by atoms with Gasteiger partial charge in [-0.1, -0.05) is 11.6 Å². The Hall–Kier alpha value is -2.80. The maximum atomic E-state index is 13.2. The largest absolute Gasteiger partial charge is 0.444 e. The third kappa shape index (κ3) is 4.13. The highest BCUT2D eigenvalue weighted by Gasteiger charge is 2.36. The molecule has 1 aromatic carbocycles. The van der Waals surface area contributed by atoms with E-state index in [1.807, 2.05) is 46.9 Å². The number of amides is 2. The van der Waals surface area contributed by atoms with Crippen LogP contribution in [-0.4, -0.2) is 53.7 Å². The van der Waals surface area contributed by atoms with Crippen molar-refractivity contribution in [3.63, 3.8) is 0 Å². The lowest BCUT2D eigenvalue weighted by Crippen LogP contribution is -2.50. The highest BCUT2D eigenvalue weighted by Crippen LogP contribution is 2.41. The number of hydrogen-bond acceptors (Lipinski definition) is 5. The van der Waals surface area contributed by atoms with Gasteiger partial charge < -0.3 is 14.5 Å². The second-order valence-corrected chi connectivity index (χ2v) is 9.78. The zero-order valence-corrected chi connectivity index (χ0v) is 19.9. The molecule has 7 nitrogen and oxygen atoms in total. The molecule has 8 heteroatoms. The van der Waals surface area contributed by atoms with Crippen LogP contribution in [0.4, 0.5) is 16.2 Å². The number of benzene rings is 1. The number of fused-ring (bicyclic) bond motifs is 1. The van der Waals surface area contributed by atoms with Crippen LogP contribution in [0.1, 0.15) is 55.2 Å². The molecule has 2 aliphatic heterocycles. The highest BCUT2D eigenvalue weighted by molar-refractivity contribution is 6.31. The first kappa shape index (κ1) is 22.4. The third-order valence-corrected chi connectivity index (χ3v) is 6.23. The van der Waals surface area contributed by atoms with Crippen molar-refractivity contribution in [2.24, 2.45) is 0 Å². The summed E-state index contributed by atoms with van der Waals surface area (Å²) in [6.45, 7) is 12.1. The Balaban J connectivity index is 1.53. The second kappa shape index (κ2) is 8.28. The van der Waals surface area contributed by atoms with Gasteiger partial charge >= 0.3 is 6.09 Å². The zero-order chi connectivity index (χ0) is 23.2. The van der Waals surface area contributed by atoms with Crippen LogP contribution in [0, 0.1) is 6.92 Å². The predicted molar refractivity (Wildman–Crippen MR) is 126 cm³/mol. The molecule has 2 amide bonds. The van der Waals surface area contributed by atoms with Crippen molar-refractivity contribution in [3.8, 4) is 0 Å². The van der Waals surface area contributed by atoms with Gasteiger partial charge in [-0.3, -0.25) is 14.7 Å². The molecule has 1 saturated heterocycles. The van der Waals surface area contributed by atoms with Gasteiger partial charge in [-0.2, -0.15) is 0 Å².